The molecule has 0 heterocycles. The Morgan fingerprint density at radius 1 is 0.947 bits per heavy atom. The molecule has 0 fully saturated rings. The number of benzene rings is 1. The highest BCUT2D eigenvalue weighted by Crippen LogP contribution is 2.30. The van der Waals surface area contributed by atoms with E-state index in [1.165, 1.54) is 12.1 Å². The number of hydrogen-bond acceptors (Lipinski definition) is 1. The summed E-state index contributed by atoms with van der Waals surface area (Å²) in [6.45, 7) is 0. The van der Waals surface area contributed by atoms with Crippen LogP contribution < -0.4 is 5.73 Å². The Kier molecular flexibility index (Phi) is 4.84. The summed E-state index contributed by atoms with van der Waals surface area (Å²) in [4.78, 5) is 0. The molecule has 0 radical (unpaired) electrons. The maximum atomic E-state index is 12.3. The molecule has 1 aromatic rings. The van der Waals surface area contributed by atoms with Gasteiger partial charge in [-0.25, -0.2) is 0 Å². The maximum absolute atomic E-state index is 12.3. The van der Waals surface area contributed by atoms with Crippen molar-refractivity contribution in [3.63, 3.8) is 0 Å². The molecular weight excluding hydrogens is 272 g/mol. The van der Waals surface area contributed by atoms with Crippen molar-refractivity contribution in [3.05, 3.63) is 35.4 Å². The number of halogens is 6. The third-order valence-corrected chi connectivity index (χ3v) is 2.64. The summed E-state index contributed by atoms with van der Waals surface area (Å²) < 4.78 is 72.7. The standard InChI is InChI=1S/C12H13F6N/c13-11(14,15)7-1-2-10(19)8-3-5-9(6-4-8)12(16,17)18/h3-6,10H,1-2,7,19H2. The Balaban J connectivity index is 2.56. The molecule has 1 aromatic carbocycles. The fraction of sp³-hybridized carbons (Fsp3) is 0.500. The van der Waals surface area contributed by atoms with E-state index in [0.29, 0.717) is 5.56 Å². The summed E-state index contributed by atoms with van der Waals surface area (Å²) in [5.41, 5.74) is 5.23. The molecule has 0 aliphatic heterocycles. The molecule has 0 spiro atoms. The van der Waals surface area contributed by atoms with Gasteiger partial charge in [0.15, 0.2) is 0 Å². The van der Waals surface area contributed by atoms with Crippen LogP contribution >= 0.6 is 0 Å². The van der Waals surface area contributed by atoms with E-state index >= 15 is 0 Å². The van der Waals surface area contributed by atoms with Crippen LogP contribution in [0.1, 0.15) is 36.4 Å². The van der Waals surface area contributed by atoms with Gasteiger partial charge in [-0.15, -0.1) is 0 Å². The van der Waals surface area contributed by atoms with E-state index in [4.69, 9.17) is 5.73 Å². The topological polar surface area (TPSA) is 26.0 Å². The lowest BCUT2D eigenvalue weighted by atomic mass is 10.0. The van der Waals surface area contributed by atoms with Crippen LogP contribution in [0, 0.1) is 0 Å². The second-order valence-electron chi connectivity index (χ2n) is 4.23. The molecule has 1 atom stereocenters. The summed E-state index contributed by atoms with van der Waals surface area (Å²) in [7, 11) is 0. The van der Waals surface area contributed by atoms with Gasteiger partial charge in [0.05, 0.1) is 5.56 Å². The van der Waals surface area contributed by atoms with Crippen molar-refractivity contribution in [1.82, 2.24) is 0 Å². The minimum absolute atomic E-state index is 0.0743. The van der Waals surface area contributed by atoms with E-state index in [1.54, 1.807) is 0 Å². The monoisotopic (exact) mass is 285 g/mol. The van der Waals surface area contributed by atoms with Crippen LogP contribution in [0.25, 0.3) is 0 Å². The van der Waals surface area contributed by atoms with Crippen molar-refractivity contribution in [2.24, 2.45) is 5.73 Å². The predicted molar refractivity (Wildman–Crippen MR) is 58.3 cm³/mol. The van der Waals surface area contributed by atoms with Gasteiger partial charge < -0.3 is 5.73 Å². The quantitative estimate of drug-likeness (QED) is 0.813. The molecule has 2 N–H and O–H groups in total. The molecule has 19 heavy (non-hydrogen) atoms. The summed E-state index contributed by atoms with van der Waals surface area (Å²) in [5.74, 6) is 0. The van der Waals surface area contributed by atoms with Crippen molar-refractivity contribution in [2.45, 2.75) is 37.7 Å². The molecule has 0 aliphatic rings. The molecule has 0 saturated carbocycles. The van der Waals surface area contributed by atoms with Gasteiger partial charge in [0.25, 0.3) is 0 Å². The third kappa shape index (κ3) is 5.50. The van der Waals surface area contributed by atoms with Crippen LogP contribution in [0.2, 0.25) is 0 Å². The van der Waals surface area contributed by atoms with Gasteiger partial charge in [-0.3, -0.25) is 0 Å². The Hall–Kier alpha value is -1.24. The van der Waals surface area contributed by atoms with Gasteiger partial charge in [-0.1, -0.05) is 12.1 Å². The molecule has 0 aromatic heterocycles. The summed E-state index contributed by atoms with van der Waals surface area (Å²) in [6.07, 6.45) is -9.68. The van der Waals surface area contributed by atoms with Crippen LogP contribution in [0.15, 0.2) is 24.3 Å². The Morgan fingerprint density at radius 3 is 1.89 bits per heavy atom. The number of alkyl halides is 6. The Labute approximate surface area is 106 Å². The van der Waals surface area contributed by atoms with Crippen molar-refractivity contribution < 1.29 is 26.3 Å². The SMILES string of the molecule is NC(CCCC(F)(F)F)c1ccc(C(F)(F)F)cc1. The zero-order valence-corrected chi connectivity index (χ0v) is 9.85. The minimum Gasteiger partial charge on any atom is -0.324 e. The lowest BCUT2D eigenvalue weighted by Crippen LogP contribution is -2.13. The van der Waals surface area contributed by atoms with Crippen LogP contribution in [0.5, 0.6) is 0 Å². The molecule has 0 aliphatic carbocycles. The van der Waals surface area contributed by atoms with Crippen LogP contribution in [0.4, 0.5) is 26.3 Å². The summed E-state index contributed by atoms with van der Waals surface area (Å²) in [5, 5.41) is 0. The second kappa shape index (κ2) is 5.81. The van der Waals surface area contributed by atoms with Crippen LogP contribution in [0.3, 0.4) is 0 Å². The van der Waals surface area contributed by atoms with Crippen molar-refractivity contribution in [1.29, 1.82) is 0 Å². The van der Waals surface area contributed by atoms with Crippen LogP contribution in [-0.2, 0) is 6.18 Å². The van der Waals surface area contributed by atoms with Crippen molar-refractivity contribution >= 4 is 0 Å². The molecule has 0 bridgehead atoms. The van der Waals surface area contributed by atoms with Gasteiger partial charge in [-0.05, 0) is 30.5 Å². The fourth-order valence-corrected chi connectivity index (χ4v) is 1.61. The summed E-state index contributed by atoms with van der Waals surface area (Å²) >= 11 is 0. The highest BCUT2D eigenvalue weighted by atomic mass is 19.4. The zero-order chi connectivity index (χ0) is 14.7. The zero-order valence-electron chi connectivity index (χ0n) is 9.85. The van der Waals surface area contributed by atoms with E-state index in [9.17, 15) is 26.3 Å². The predicted octanol–water partition coefficient (Wildman–Crippen LogP) is 4.44. The van der Waals surface area contributed by atoms with Gasteiger partial charge in [-0.2, -0.15) is 26.3 Å². The third-order valence-electron chi connectivity index (χ3n) is 2.64. The smallest absolute Gasteiger partial charge is 0.324 e. The van der Waals surface area contributed by atoms with Crippen LogP contribution in [-0.4, -0.2) is 6.18 Å². The first-order chi connectivity index (χ1) is 8.59. The molecule has 108 valence electrons. The summed E-state index contributed by atoms with van der Waals surface area (Å²) in [6, 6.07) is 3.45. The van der Waals surface area contributed by atoms with E-state index < -0.39 is 30.4 Å². The Morgan fingerprint density at radius 2 is 1.47 bits per heavy atom. The second-order valence-corrected chi connectivity index (χ2v) is 4.23. The first-order valence-electron chi connectivity index (χ1n) is 5.59. The van der Waals surface area contributed by atoms with Gasteiger partial charge >= 0.3 is 12.4 Å². The Bertz CT molecular complexity index is 392. The highest BCUT2D eigenvalue weighted by molar-refractivity contribution is 5.26. The molecule has 1 rings (SSSR count). The van der Waals surface area contributed by atoms with E-state index in [-0.39, 0.29) is 12.8 Å². The van der Waals surface area contributed by atoms with Gasteiger partial charge in [0.1, 0.15) is 0 Å². The van der Waals surface area contributed by atoms with Crippen molar-refractivity contribution in [2.75, 3.05) is 0 Å². The lowest BCUT2D eigenvalue weighted by molar-refractivity contribution is -0.138. The minimum atomic E-state index is -4.43. The first kappa shape index (κ1) is 15.8. The van der Waals surface area contributed by atoms with Crippen molar-refractivity contribution in [3.8, 4) is 0 Å². The molecular formula is C12H13F6N. The van der Waals surface area contributed by atoms with Gasteiger partial charge in [0, 0.05) is 12.5 Å². The average molecular weight is 285 g/mol. The highest BCUT2D eigenvalue weighted by Gasteiger charge is 2.30. The van der Waals surface area contributed by atoms with E-state index in [0.717, 1.165) is 12.1 Å². The largest absolute Gasteiger partial charge is 0.416 e. The molecule has 0 saturated heterocycles. The first-order valence-corrected chi connectivity index (χ1v) is 5.59. The number of nitrogens with two attached hydrogens (primary N) is 1. The normalized spacial score (nSPS) is 14.5. The molecule has 0 amide bonds. The van der Waals surface area contributed by atoms with E-state index in [1.807, 2.05) is 0 Å². The van der Waals surface area contributed by atoms with E-state index in [2.05, 4.69) is 0 Å². The number of rotatable bonds is 4. The molecule has 1 nitrogen and oxygen atoms in total. The lowest BCUT2D eigenvalue weighted by Gasteiger charge is -2.14. The average Bonchev–Trinajstić information content (AvgIpc) is 2.26. The fourth-order valence-electron chi connectivity index (χ4n) is 1.61. The maximum Gasteiger partial charge on any atom is 0.416 e. The molecule has 7 heteroatoms. The number of hydrogen-bond donors (Lipinski definition) is 1. The molecule has 1 unspecified atom stereocenters. The van der Waals surface area contributed by atoms with Gasteiger partial charge in [0.2, 0.25) is 0 Å².